The zero-order chi connectivity index (χ0) is 20.6. The molecule has 2 aromatic heterocycles. The Kier molecular flexibility index (Phi) is 4.71. The fraction of sp³-hybridized carbons (Fsp3) is 0.211. The second-order valence-corrected chi connectivity index (χ2v) is 6.57. The molecule has 0 aliphatic carbocycles. The number of rotatable bonds is 4. The van der Waals surface area contributed by atoms with E-state index in [1.54, 1.807) is 30.5 Å². The Labute approximate surface area is 163 Å². The van der Waals surface area contributed by atoms with Crippen molar-refractivity contribution in [3.05, 3.63) is 65.7 Å². The van der Waals surface area contributed by atoms with Crippen molar-refractivity contribution in [3.63, 3.8) is 0 Å². The van der Waals surface area contributed by atoms with Crippen molar-refractivity contribution >= 4 is 22.9 Å². The molecule has 0 saturated carbocycles. The molecule has 10 heteroatoms. The molecule has 0 spiro atoms. The van der Waals surface area contributed by atoms with Gasteiger partial charge in [0.2, 0.25) is 0 Å². The first-order valence-electron chi connectivity index (χ1n) is 8.65. The molecule has 1 aliphatic heterocycles. The Morgan fingerprint density at radius 1 is 1.28 bits per heavy atom. The van der Waals surface area contributed by atoms with E-state index in [9.17, 15) is 18.0 Å². The summed E-state index contributed by atoms with van der Waals surface area (Å²) in [5, 5.41) is 6.69. The van der Waals surface area contributed by atoms with Crippen LogP contribution in [-0.2, 0) is 10.3 Å². The number of hydrogen-bond acceptors (Lipinski definition) is 5. The largest absolute Gasteiger partial charge is 0.385 e. The zero-order valence-electron chi connectivity index (χ0n) is 15.0. The van der Waals surface area contributed by atoms with E-state index in [0.29, 0.717) is 5.52 Å². The van der Waals surface area contributed by atoms with Crippen molar-refractivity contribution in [2.24, 2.45) is 10.7 Å². The predicted octanol–water partition coefficient (Wildman–Crippen LogP) is 2.57. The number of anilines is 1. The summed E-state index contributed by atoms with van der Waals surface area (Å²) < 4.78 is 48.8. The van der Waals surface area contributed by atoms with Crippen molar-refractivity contribution in [1.82, 2.24) is 9.61 Å². The third-order valence-corrected chi connectivity index (χ3v) is 4.57. The van der Waals surface area contributed by atoms with Crippen LogP contribution in [0.15, 0.2) is 53.7 Å². The number of nitrogens with one attached hydrogen (secondary N) is 1. The number of halogens is 3. The van der Waals surface area contributed by atoms with Crippen LogP contribution in [0.1, 0.15) is 16.1 Å². The van der Waals surface area contributed by atoms with Crippen LogP contribution in [-0.4, -0.2) is 41.0 Å². The topological polar surface area (TPSA) is 94.0 Å². The molecular formula is C19H16F3N5O2. The van der Waals surface area contributed by atoms with Gasteiger partial charge in [-0.3, -0.25) is 9.79 Å². The summed E-state index contributed by atoms with van der Waals surface area (Å²) >= 11 is 0. The van der Waals surface area contributed by atoms with Crippen LogP contribution in [0.25, 0.3) is 5.52 Å². The normalized spacial score (nSPS) is 19.4. The zero-order valence-corrected chi connectivity index (χ0v) is 15.0. The van der Waals surface area contributed by atoms with Crippen LogP contribution in [0.5, 0.6) is 0 Å². The highest BCUT2D eigenvalue weighted by Gasteiger charge is 2.46. The number of aliphatic imine (C=N–C) groups is 1. The van der Waals surface area contributed by atoms with Gasteiger partial charge in [-0.25, -0.2) is 17.7 Å². The molecule has 7 nitrogen and oxygen atoms in total. The number of ether oxygens (including phenoxy) is 1. The quantitative estimate of drug-likeness (QED) is 0.700. The second kappa shape index (κ2) is 7.21. The number of benzene rings is 1. The molecule has 3 heterocycles. The van der Waals surface area contributed by atoms with E-state index in [0.717, 1.165) is 12.1 Å². The average molecular weight is 403 g/mol. The van der Waals surface area contributed by atoms with E-state index < -0.39 is 35.9 Å². The van der Waals surface area contributed by atoms with Gasteiger partial charge in [0.15, 0.2) is 11.2 Å². The standard InChI is InChI=1S/C19H16F3N5O2/c20-14-5-4-11(7-13(14)19(18(21)22)10-29-9-16(23)25-19)24-17(28)15-8-12-3-1-2-6-27(12)26-15/h1-8,18H,9-10H2,(H2,23,25)(H,24,28). The molecular weight excluding hydrogens is 387 g/mol. The molecule has 29 heavy (non-hydrogen) atoms. The van der Waals surface area contributed by atoms with Gasteiger partial charge in [0.05, 0.1) is 12.1 Å². The van der Waals surface area contributed by atoms with Gasteiger partial charge in [-0.15, -0.1) is 0 Å². The highest BCUT2D eigenvalue weighted by Crippen LogP contribution is 2.38. The molecule has 0 saturated heterocycles. The summed E-state index contributed by atoms with van der Waals surface area (Å²) in [5.74, 6) is -1.63. The third-order valence-electron chi connectivity index (χ3n) is 4.57. The van der Waals surface area contributed by atoms with Gasteiger partial charge < -0.3 is 15.8 Å². The predicted molar refractivity (Wildman–Crippen MR) is 99.7 cm³/mol. The molecule has 0 radical (unpaired) electrons. The Morgan fingerprint density at radius 3 is 2.83 bits per heavy atom. The number of aromatic nitrogens is 2. The molecule has 3 N–H and O–H groups in total. The number of nitrogens with two attached hydrogens (primary N) is 1. The number of carbonyl (C=O) groups excluding carboxylic acids is 1. The maximum Gasteiger partial charge on any atom is 0.276 e. The number of fused-ring (bicyclic) bond motifs is 1. The van der Waals surface area contributed by atoms with Crippen molar-refractivity contribution in [3.8, 4) is 0 Å². The van der Waals surface area contributed by atoms with Crippen LogP contribution < -0.4 is 11.1 Å². The van der Waals surface area contributed by atoms with E-state index in [1.165, 1.54) is 10.6 Å². The summed E-state index contributed by atoms with van der Waals surface area (Å²) in [6.07, 6.45) is -1.39. The van der Waals surface area contributed by atoms with Gasteiger partial charge in [-0.05, 0) is 36.4 Å². The van der Waals surface area contributed by atoms with E-state index in [1.807, 2.05) is 0 Å². The van der Waals surface area contributed by atoms with E-state index in [-0.39, 0.29) is 23.8 Å². The Balaban J connectivity index is 1.67. The van der Waals surface area contributed by atoms with Crippen LogP contribution in [0.2, 0.25) is 0 Å². The lowest BCUT2D eigenvalue weighted by Crippen LogP contribution is -2.45. The van der Waals surface area contributed by atoms with Gasteiger partial charge >= 0.3 is 0 Å². The van der Waals surface area contributed by atoms with Gasteiger partial charge in [-0.1, -0.05) is 6.07 Å². The summed E-state index contributed by atoms with van der Waals surface area (Å²) in [5.41, 5.74) is 3.80. The summed E-state index contributed by atoms with van der Waals surface area (Å²) in [6.45, 7) is -0.646. The van der Waals surface area contributed by atoms with Gasteiger partial charge in [0.25, 0.3) is 12.3 Å². The summed E-state index contributed by atoms with van der Waals surface area (Å²) in [7, 11) is 0. The lowest BCUT2D eigenvalue weighted by atomic mass is 9.90. The average Bonchev–Trinajstić information content (AvgIpc) is 3.13. The first-order chi connectivity index (χ1) is 13.9. The molecule has 3 aromatic rings. The number of hydrogen-bond donors (Lipinski definition) is 2. The maximum absolute atomic E-state index is 14.5. The Hall–Kier alpha value is -3.40. The number of nitrogens with zero attached hydrogens (tertiary/aromatic N) is 3. The van der Waals surface area contributed by atoms with Crippen molar-refractivity contribution in [1.29, 1.82) is 0 Å². The molecule has 150 valence electrons. The maximum atomic E-state index is 14.5. The molecule has 1 aliphatic rings. The van der Waals surface area contributed by atoms with Crippen LogP contribution in [0, 0.1) is 5.82 Å². The Morgan fingerprint density at radius 2 is 2.10 bits per heavy atom. The van der Waals surface area contributed by atoms with Gasteiger partial charge in [-0.2, -0.15) is 5.10 Å². The van der Waals surface area contributed by atoms with Crippen molar-refractivity contribution in [2.75, 3.05) is 18.5 Å². The van der Waals surface area contributed by atoms with E-state index in [4.69, 9.17) is 10.5 Å². The lowest BCUT2D eigenvalue weighted by molar-refractivity contribution is -0.0145. The van der Waals surface area contributed by atoms with Crippen molar-refractivity contribution < 1.29 is 22.7 Å². The Bertz CT molecular complexity index is 1080. The SMILES string of the molecule is NC1=NC(c2cc(NC(=O)c3cc4ccccn4n3)ccc2F)(C(F)F)COC1. The molecule has 1 amide bonds. The molecule has 1 unspecified atom stereocenters. The second-order valence-electron chi connectivity index (χ2n) is 6.57. The smallest absolute Gasteiger partial charge is 0.276 e. The highest BCUT2D eigenvalue weighted by atomic mass is 19.3. The lowest BCUT2D eigenvalue weighted by Gasteiger charge is -2.33. The van der Waals surface area contributed by atoms with Gasteiger partial charge in [0, 0.05) is 17.4 Å². The number of carbonyl (C=O) groups is 1. The van der Waals surface area contributed by atoms with Crippen LogP contribution >= 0.6 is 0 Å². The minimum Gasteiger partial charge on any atom is -0.385 e. The monoisotopic (exact) mass is 403 g/mol. The number of amides is 1. The number of alkyl halides is 2. The molecule has 4 rings (SSSR count). The third kappa shape index (κ3) is 3.42. The summed E-state index contributed by atoms with van der Waals surface area (Å²) in [4.78, 5) is 16.3. The fourth-order valence-electron chi connectivity index (χ4n) is 3.18. The fourth-order valence-corrected chi connectivity index (χ4v) is 3.18. The summed E-state index contributed by atoms with van der Waals surface area (Å²) in [6, 6.07) is 10.3. The molecule has 0 bridgehead atoms. The number of amidine groups is 1. The van der Waals surface area contributed by atoms with Gasteiger partial charge in [0.1, 0.15) is 18.3 Å². The van der Waals surface area contributed by atoms with E-state index in [2.05, 4.69) is 15.4 Å². The first kappa shape index (κ1) is 18.9. The minimum absolute atomic E-state index is 0.111. The van der Waals surface area contributed by atoms with Crippen LogP contribution in [0.4, 0.5) is 18.9 Å². The highest BCUT2D eigenvalue weighted by molar-refractivity contribution is 6.03. The van der Waals surface area contributed by atoms with E-state index >= 15 is 0 Å². The molecule has 0 fully saturated rings. The minimum atomic E-state index is -3.07. The molecule has 1 aromatic carbocycles. The van der Waals surface area contributed by atoms with Crippen LogP contribution in [0.3, 0.4) is 0 Å². The van der Waals surface area contributed by atoms with Crippen molar-refractivity contribution in [2.45, 2.75) is 12.0 Å². The first-order valence-corrected chi connectivity index (χ1v) is 8.65. The molecule has 1 atom stereocenters. The number of pyridine rings is 1.